The first-order valence-corrected chi connectivity index (χ1v) is 13.2. The van der Waals surface area contributed by atoms with E-state index >= 15 is 0 Å². The molecule has 1 atom stereocenters. The van der Waals surface area contributed by atoms with Gasteiger partial charge in [0.2, 0.25) is 5.79 Å². The zero-order valence-corrected chi connectivity index (χ0v) is 24.2. The average molecular weight is 589 g/mol. The van der Waals surface area contributed by atoms with Crippen LogP contribution in [0.4, 0.5) is 0 Å². The van der Waals surface area contributed by atoms with Crippen LogP contribution < -0.4 is 29.1 Å². The van der Waals surface area contributed by atoms with Crippen molar-refractivity contribution in [2.24, 2.45) is 0 Å². The van der Waals surface area contributed by atoms with E-state index in [0.717, 1.165) is 0 Å². The number of rotatable bonds is 5. The van der Waals surface area contributed by atoms with Crippen molar-refractivity contribution < 1.29 is 48.2 Å². The van der Waals surface area contributed by atoms with Crippen LogP contribution in [-0.4, -0.2) is 55.3 Å². The van der Waals surface area contributed by atoms with E-state index < -0.39 is 29.2 Å². The smallest absolute Gasteiger partial charge is 0.212 e. The van der Waals surface area contributed by atoms with Gasteiger partial charge in [0.1, 0.15) is 57.0 Å². The number of carbonyl (C=O) groups is 1. The Morgan fingerprint density at radius 1 is 0.814 bits per heavy atom. The molecule has 222 valence electrons. The molecule has 0 aliphatic carbocycles. The number of methoxy groups -OCH3 is 4. The lowest BCUT2D eigenvalue weighted by Crippen LogP contribution is -2.39. The molecular weight excluding hydrogens is 560 g/mol. The number of Topliss-reactive ketones (excluding diaryl/α,β-unsaturated/α-hetero) is 1. The van der Waals surface area contributed by atoms with Crippen LogP contribution in [0.1, 0.15) is 29.5 Å². The van der Waals surface area contributed by atoms with E-state index in [1.807, 2.05) is 0 Å². The van der Waals surface area contributed by atoms with E-state index in [9.17, 15) is 24.9 Å². The minimum absolute atomic E-state index is 0.0530. The summed E-state index contributed by atoms with van der Waals surface area (Å²) in [6.45, 7) is 2.95. The zero-order chi connectivity index (χ0) is 31.0. The Morgan fingerprint density at radius 2 is 1.53 bits per heavy atom. The van der Waals surface area contributed by atoms with Crippen molar-refractivity contribution in [2.45, 2.75) is 26.1 Å². The summed E-state index contributed by atoms with van der Waals surface area (Å²) in [6.07, 6.45) is -0.419. The lowest BCUT2D eigenvalue weighted by molar-refractivity contribution is -0.122. The molecule has 2 heterocycles. The molecule has 1 unspecified atom stereocenters. The molecule has 3 N–H and O–H groups in total. The van der Waals surface area contributed by atoms with E-state index in [1.165, 1.54) is 47.5 Å². The number of carbonyl (C=O) groups excluding carboxylic acids is 1. The molecule has 6 rings (SSSR count). The second-order valence-electron chi connectivity index (χ2n) is 10.5. The first kappa shape index (κ1) is 28.0. The molecule has 11 heteroatoms. The topological polar surface area (TPSA) is 154 Å². The maximum Gasteiger partial charge on any atom is 0.212 e. The molecular formula is C32H28O11. The first-order chi connectivity index (χ1) is 20.4. The van der Waals surface area contributed by atoms with Crippen molar-refractivity contribution in [3.63, 3.8) is 0 Å². The summed E-state index contributed by atoms with van der Waals surface area (Å²) in [5, 5.41) is 34.5. The van der Waals surface area contributed by atoms with E-state index in [1.54, 1.807) is 25.1 Å². The summed E-state index contributed by atoms with van der Waals surface area (Å²) >= 11 is 0. The highest BCUT2D eigenvalue weighted by Crippen LogP contribution is 2.57. The molecule has 1 aromatic heterocycles. The Kier molecular flexibility index (Phi) is 6.31. The number of phenols is 2. The number of benzene rings is 4. The molecule has 1 aliphatic heterocycles. The van der Waals surface area contributed by atoms with Crippen molar-refractivity contribution >= 4 is 38.3 Å². The third-order valence-corrected chi connectivity index (χ3v) is 7.61. The largest absolute Gasteiger partial charge is 0.507 e. The van der Waals surface area contributed by atoms with Crippen LogP contribution in [-0.2, 0) is 0 Å². The highest BCUT2D eigenvalue weighted by atomic mass is 16.6. The van der Waals surface area contributed by atoms with Crippen LogP contribution in [0.25, 0.3) is 43.6 Å². The van der Waals surface area contributed by atoms with Gasteiger partial charge in [-0.25, -0.2) is 0 Å². The molecule has 11 nitrogen and oxygen atoms in total. The summed E-state index contributed by atoms with van der Waals surface area (Å²) in [4.78, 5) is 26.4. The van der Waals surface area contributed by atoms with Crippen molar-refractivity contribution in [3.8, 4) is 51.4 Å². The van der Waals surface area contributed by atoms with Gasteiger partial charge in [-0.3, -0.25) is 9.59 Å². The van der Waals surface area contributed by atoms with Gasteiger partial charge in [-0.2, -0.15) is 0 Å². The van der Waals surface area contributed by atoms with Gasteiger partial charge >= 0.3 is 0 Å². The van der Waals surface area contributed by atoms with E-state index in [2.05, 4.69) is 0 Å². The highest BCUT2D eigenvalue weighted by Gasteiger charge is 2.41. The van der Waals surface area contributed by atoms with Crippen LogP contribution in [0.5, 0.6) is 40.2 Å². The molecule has 0 radical (unpaired) electrons. The number of ketones is 1. The van der Waals surface area contributed by atoms with Crippen molar-refractivity contribution in [1.29, 1.82) is 0 Å². The lowest BCUT2D eigenvalue weighted by Gasteiger charge is -2.33. The molecule has 0 bridgehead atoms. The number of hydrogen-bond acceptors (Lipinski definition) is 11. The fourth-order valence-corrected chi connectivity index (χ4v) is 5.89. The standard InChI is InChI=1S/C32H28O11/c1-13-7-17(33)25-18(34)8-14-9-20(39-4)27(29(41-6)22(14)30(25)42-13)24-16-10-15(38-3)11-21(40-5)23(16)28(36)26-19(35)12-32(2,37)43-31(24)26/h7-11,34,36-37H,12H2,1-6H3. The van der Waals surface area contributed by atoms with Gasteiger partial charge in [0, 0.05) is 30.0 Å². The quantitative estimate of drug-likeness (QED) is 0.232. The summed E-state index contributed by atoms with van der Waals surface area (Å²) in [5.41, 5.74) is -0.100. The van der Waals surface area contributed by atoms with Gasteiger partial charge in [0.15, 0.2) is 16.8 Å². The number of aliphatic hydroxyl groups is 1. The van der Waals surface area contributed by atoms with Gasteiger partial charge < -0.3 is 43.4 Å². The summed E-state index contributed by atoms with van der Waals surface area (Å²) in [5.74, 6) is -2.08. The predicted molar refractivity (Wildman–Crippen MR) is 157 cm³/mol. The molecule has 1 aliphatic rings. The molecule has 0 fully saturated rings. The lowest BCUT2D eigenvalue weighted by atomic mass is 9.86. The van der Waals surface area contributed by atoms with Crippen LogP contribution in [0.2, 0.25) is 0 Å². The number of phenolic OH excluding ortho intramolecular Hbond substituents is 2. The van der Waals surface area contributed by atoms with Gasteiger partial charge in [0.25, 0.3) is 0 Å². The third-order valence-electron chi connectivity index (χ3n) is 7.61. The van der Waals surface area contributed by atoms with Crippen molar-refractivity contribution in [1.82, 2.24) is 0 Å². The van der Waals surface area contributed by atoms with Gasteiger partial charge in [-0.05, 0) is 30.5 Å². The summed E-state index contributed by atoms with van der Waals surface area (Å²) in [6, 6.07) is 7.46. The first-order valence-electron chi connectivity index (χ1n) is 13.2. The minimum Gasteiger partial charge on any atom is -0.507 e. The van der Waals surface area contributed by atoms with Gasteiger partial charge in [0.05, 0.1) is 51.2 Å². The summed E-state index contributed by atoms with van der Waals surface area (Å²) < 4.78 is 35.0. The molecule has 43 heavy (non-hydrogen) atoms. The second kappa shape index (κ2) is 9.70. The zero-order valence-electron chi connectivity index (χ0n) is 24.2. The molecule has 4 aromatic carbocycles. The van der Waals surface area contributed by atoms with E-state index in [0.29, 0.717) is 27.7 Å². The number of hydrogen-bond donors (Lipinski definition) is 3. The maximum atomic E-state index is 13.5. The van der Waals surface area contributed by atoms with Crippen LogP contribution >= 0.6 is 0 Å². The Labute approximate surface area is 244 Å². The Balaban J connectivity index is 1.93. The van der Waals surface area contributed by atoms with Crippen molar-refractivity contribution in [2.75, 3.05) is 28.4 Å². The average Bonchev–Trinajstić information content (AvgIpc) is 2.94. The number of fused-ring (bicyclic) bond motifs is 5. The number of ether oxygens (including phenoxy) is 5. The van der Waals surface area contributed by atoms with Gasteiger partial charge in [-0.15, -0.1) is 0 Å². The van der Waals surface area contributed by atoms with Crippen LogP contribution in [0.3, 0.4) is 0 Å². The molecule has 0 amide bonds. The molecule has 0 saturated carbocycles. The van der Waals surface area contributed by atoms with E-state index in [4.69, 9.17) is 28.1 Å². The monoisotopic (exact) mass is 588 g/mol. The van der Waals surface area contributed by atoms with E-state index in [-0.39, 0.29) is 61.8 Å². The SMILES string of the molecule is COc1cc(OC)c2c(O)c3c(c(-c4c(OC)cc5cc(O)c6c(=O)cc(C)oc6c5c4OC)c2c1)OC(C)(O)CC3=O. The Bertz CT molecular complexity index is 2070. The summed E-state index contributed by atoms with van der Waals surface area (Å²) in [7, 11) is 5.70. The predicted octanol–water partition coefficient (Wildman–Crippen LogP) is 5.19. The molecule has 0 saturated heterocycles. The Hall–Kier alpha value is -5.16. The number of aromatic hydroxyl groups is 2. The van der Waals surface area contributed by atoms with Crippen LogP contribution in [0, 0.1) is 6.92 Å². The minimum atomic E-state index is -1.92. The Morgan fingerprint density at radius 3 is 2.19 bits per heavy atom. The maximum absolute atomic E-state index is 13.5. The van der Waals surface area contributed by atoms with Crippen molar-refractivity contribution in [3.05, 3.63) is 51.9 Å². The van der Waals surface area contributed by atoms with Gasteiger partial charge in [-0.1, -0.05) is 0 Å². The fraction of sp³-hybridized carbons (Fsp3) is 0.250. The third kappa shape index (κ3) is 4.07. The highest BCUT2D eigenvalue weighted by molar-refractivity contribution is 6.20. The number of aryl methyl sites for hydroxylation is 1. The van der Waals surface area contributed by atoms with Crippen LogP contribution in [0.15, 0.2) is 39.5 Å². The molecule has 5 aromatic rings. The second-order valence-corrected chi connectivity index (χ2v) is 10.5. The molecule has 0 spiro atoms. The normalized spacial score (nSPS) is 16.3. The fourth-order valence-electron chi connectivity index (χ4n) is 5.89.